The normalized spacial score (nSPS) is 10.2. The molecule has 0 bridgehead atoms. The molecule has 0 fully saturated rings. The summed E-state index contributed by atoms with van der Waals surface area (Å²) < 4.78 is 13.4. The number of carbonyl (C=O) groups is 2. The summed E-state index contributed by atoms with van der Waals surface area (Å²) in [6.45, 7) is 0.658. The average molecular weight is 328 g/mol. The van der Waals surface area contributed by atoms with Crippen LogP contribution in [0.4, 0.5) is 4.39 Å². The van der Waals surface area contributed by atoms with Crippen molar-refractivity contribution in [2.75, 3.05) is 13.1 Å². The molecule has 5 heteroatoms. The van der Waals surface area contributed by atoms with Gasteiger partial charge in [-0.3, -0.25) is 9.59 Å². The van der Waals surface area contributed by atoms with Crippen molar-refractivity contribution in [3.8, 4) is 0 Å². The molecular weight excluding hydrogens is 307 g/mol. The molecule has 2 N–H and O–H groups in total. The summed E-state index contributed by atoms with van der Waals surface area (Å²) in [5, 5.41) is 5.09. The van der Waals surface area contributed by atoms with Crippen LogP contribution in [0.15, 0.2) is 54.6 Å². The SMILES string of the molecule is O=C(NCCCc1ccccc1)C(=O)NCCc1ccccc1F. The lowest BCUT2D eigenvalue weighted by Gasteiger charge is -2.07. The molecular formula is C19H21FN2O2. The highest BCUT2D eigenvalue weighted by Crippen LogP contribution is 2.06. The highest BCUT2D eigenvalue weighted by molar-refractivity contribution is 6.35. The summed E-state index contributed by atoms with van der Waals surface area (Å²) in [5.41, 5.74) is 1.71. The zero-order valence-corrected chi connectivity index (χ0v) is 13.4. The molecule has 0 heterocycles. The highest BCUT2D eigenvalue weighted by Gasteiger charge is 2.12. The van der Waals surface area contributed by atoms with Crippen molar-refractivity contribution in [3.63, 3.8) is 0 Å². The molecule has 4 nitrogen and oxygen atoms in total. The van der Waals surface area contributed by atoms with Crippen molar-refractivity contribution in [1.82, 2.24) is 10.6 Å². The van der Waals surface area contributed by atoms with Crippen LogP contribution in [0.25, 0.3) is 0 Å². The Labute approximate surface area is 141 Å². The van der Waals surface area contributed by atoms with Crippen molar-refractivity contribution < 1.29 is 14.0 Å². The predicted octanol–water partition coefficient (Wildman–Crippen LogP) is 2.23. The van der Waals surface area contributed by atoms with E-state index in [-0.39, 0.29) is 12.4 Å². The van der Waals surface area contributed by atoms with Gasteiger partial charge in [-0.2, -0.15) is 0 Å². The zero-order valence-electron chi connectivity index (χ0n) is 13.4. The Hall–Kier alpha value is -2.69. The number of nitrogens with one attached hydrogen (secondary N) is 2. The molecule has 0 atom stereocenters. The maximum Gasteiger partial charge on any atom is 0.309 e. The summed E-state index contributed by atoms with van der Waals surface area (Å²) in [7, 11) is 0. The summed E-state index contributed by atoms with van der Waals surface area (Å²) in [5.74, 6) is -1.65. The molecule has 0 aliphatic rings. The first-order valence-corrected chi connectivity index (χ1v) is 8.00. The quantitative estimate of drug-likeness (QED) is 0.605. The molecule has 2 aromatic carbocycles. The van der Waals surface area contributed by atoms with Crippen molar-refractivity contribution in [3.05, 3.63) is 71.5 Å². The van der Waals surface area contributed by atoms with Crippen LogP contribution in [0.1, 0.15) is 17.5 Å². The van der Waals surface area contributed by atoms with Crippen molar-refractivity contribution in [2.24, 2.45) is 0 Å². The molecule has 0 aliphatic carbocycles. The lowest BCUT2D eigenvalue weighted by molar-refractivity contribution is -0.139. The monoisotopic (exact) mass is 328 g/mol. The van der Waals surface area contributed by atoms with Crippen LogP contribution in [0.5, 0.6) is 0 Å². The largest absolute Gasteiger partial charge is 0.348 e. The molecule has 0 spiro atoms. The Morgan fingerprint density at radius 3 is 2.12 bits per heavy atom. The highest BCUT2D eigenvalue weighted by atomic mass is 19.1. The van der Waals surface area contributed by atoms with E-state index in [1.807, 2.05) is 30.3 Å². The Bertz CT molecular complexity index is 674. The van der Waals surface area contributed by atoms with Crippen LogP contribution in [-0.2, 0) is 22.4 Å². The van der Waals surface area contributed by atoms with E-state index >= 15 is 0 Å². The van der Waals surface area contributed by atoms with Gasteiger partial charge in [-0.05, 0) is 36.5 Å². The van der Waals surface area contributed by atoms with Gasteiger partial charge in [0.05, 0.1) is 0 Å². The minimum absolute atomic E-state index is 0.219. The molecule has 0 unspecified atom stereocenters. The molecule has 2 amide bonds. The van der Waals surface area contributed by atoms with Gasteiger partial charge in [0.1, 0.15) is 5.82 Å². The van der Waals surface area contributed by atoms with Crippen LogP contribution in [0, 0.1) is 5.82 Å². The maximum atomic E-state index is 13.4. The molecule has 0 saturated heterocycles. The fourth-order valence-corrected chi connectivity index (χ4v) is 2.31. The zero-order chi connectivity index (χ0) is 17.2. The number of halogens is 1. The fourth-order valence-electron chi connectivity index (χ4n) is 2.31. The molecule has 0 radical (unpaired) electrons. The molecule has 126 valence electrons. The number of carbonyl (C=O) groups excluding carboxylic acids is 2. The Balaban J connectivity index is 1.62. The van der Waals surface area contributed by atoms with Crippen LogP contribution in [-0.4, -0.2) is 24.9 Å². The molecule has 0 aliphatic heterocycles. The van der Waals surface area contributed by atoms with E-state index < -0.39 is 11.8 Å². The number of benzene rings is 2. The number of aryl methyl sites for hydroxylation is 1. The molecule has 0 aromatic heterocycles. The van der Waals surface area contributed by atoms with Crippen LogP contribution < -0.4 is 10.6 Å². The van der Waals surface area contributed by atoms with Crippen molar-refractivity contribution >= 4 is 11.8 Å². The molecule has 2 aromatic rings. The van der Waals surface area contributed by atoms with Gasteiger partial charge in [0.15, 0.2) is 0 Å². The van der Waals surface area contributed by atoms with Gasteiger partial charge >= 0.3 is 11.8 Å². The van der Waals surface area contributed by atoms with Crippen LogP contribution in [0.2, 0.25) is 0 Å². The first-order chi connectivity index (χ1) is 11.7. The third-order valence-corrected chi connectivity index (χ3v) is 3.61. The van der Waals surface area contributed by atoms with Gasteiger partial charge in [-0.15, -0.1) is 0 Å². The number of amides is 2. The van der Waals surface area contributed by atoms with E-state index in [1.54, 1.807) is 18.2 Å². The smallest absolute Gasteiger partial charge is 0.309 e. The van der Waals surface area contributed by atoms with Crippen LogP contribution >= 0.6 is 0 Å². The predicted molar refractivity (Wildman–Crippen MR) is 90.9 cm³/mol. The standard InChI is InChI=1S/C19H21FN2O2/c20-17-11-5-4-10-16(17)12-14-22-19(24)18(23)21-13-6-9-15-7-2-1-3-8-15/h1-5,7-8,10-11H,6,9,12-14H2,(H,21,23)(H,22,24). The van der Waals surface area contributed by atoms with Crippen molar-refractivity contribution in [2.45, 2.75) is 19.3 Å². The molecule has 24 heavy (non-hydrogen) atoms. The first-order valence-electron chi connectivity index (χ1n) is 8.00. The second-order valence-electron chi connectivity index (χ2n) is 5.44. The second-order valence-corrected chi connectivity index (χ2v) is 5.44. The second kappa shape index (κ2) is 9.45. The lowest BCUT2D eigenvalue weighted by atomic mass is 10.1. The Morgan fingerprint density at radius 1 is 0.792 bits per heavy atom. The van der Waals surface area contributed by atoms with E-state index in [9.17, 15) is 14.0 Å². The summed E-state index contributed by atoms with van der Waals surface area (Å²) >= 11 is 0. The van der Waals surface area contributed by atoms with E-state index in [4.69, 9.17) is 0 Å². The summed E-state index contributed by atoms with van der Waals surface area (Å²) in [4.78, 5) is 23.3. The number of rotatable bonds is 7. The number of hydrogen-bond donors (Lipinski definition) is 2. The van der Waals surface area contributed by atoms with E-state index in [2.05, 4.69) is 10.6 Å². The van der Waals surface area contributed by atoms with Gasteiger partial charge in [0, 0.05) is 13.1 Å². The summed E-state index contributed by atoms with van der Waals surface area (Å²) in [6.07, 6.45) is 1.95. The van der Waals surface area contributed by atoms with Crippen LogP contribution in [0.3, 0.4) is 0 Å². The third-order valence-electron chi connectivity index (χ3n) is 3.61. The van der Waals surface area contributed by atoms with E-state index in [0.29, 0.717) is 18.5 Å². The van der Waals surface area contributed by atoms with Gasteiger partial charge < -0.3 is 10.6 Å². The minimum Gasteiger partial charge on any atom is -0.348 e. The van der Waals surface area contributed by atoms with Gasteiger partial charge in [0.25, 0.3) is 0 Å². The van der Waals surface area contributed by atoms with Gasteiger partial charge in [-0.25, -0.2) is 4.39 Å². The topological polar surface area (TPSA) is 58.2 Å². The first kappa shape index (κ1) is 17.7. The van der Waals surface area contributed by atoms with Crippen molar-refractivity contribution in [1.29, 1.82) is 0 Å². The van der Waals surface area contributed by atoms with E-state index in [1.165, 1.54) is 11.6 Å². The number of hydrogen-bond acceptors (Lipinski definition) is 2. The Morgan fingerprint density at radius 2 is 1.42 bits per heavy atom. The maximum absolute atomic E-state index is 13.4. The van der Waals surface area contributed by atoms with E-state index in [0.717, 1.165) is 12.8 Å². The minimum atomic E-state index is -0.689. The third kappa shape index (κ3) is 5.83. The fraction of sp³-hybridized carbons (Fsp3) is 0.263. The molecule has 0 saturated carbocycles. The lowest BCUT2D eigenvalue weighted by Crippen LogP contribution is -2.41. The Kier molecular flexibility index (Phi) is 6.95. The average Bonchev–Trinajstić information content (AvgIpc) is 2.61. The van der Waals surface area contributed by atoms with Gasteiger partial charge in [-0.1, -0.05) is 48.5 Å². The molecule has 2 rings (SSSR count). The summed E-state index contributed by atoms with van der Waals surface area (Å²) in [6, 6.07) is 16.3. The van der Waals surface area contributed by atoms with Gasteiger partial charge in [0.2, 0.25) is 0 Å².